The molecule has 1 amide bonds. The predicted molar refractivity (Wildman–Crippen MR) is 95.3 cm³/mol. The lowest BCUT2D eigenvalue weighted by Gasteiger charge is -2.28. The molecule has 0 radical (unpaired) electrons. The lowest BCUT2D eigenvalue weighted by atomic mass is 10.1. The van der Waals surface area contributed by atoms with Crippen LogP contribution in [0.4, 0.5) is 11.5 Å². The molecule has 5 nitrogen and oxygen atoms in total. The van der Waals surface area contributed by atoms with E-state index >= 15 is 0 Å². The monoisotopic (exact) mass is 326 g/mol. The number of piperazine rings is 1. The van der Waals surface area contributed by atoms with Crippen molar-refractivity contribution in [3.63, 3.8) is 0 Å². The van der Waals surface area contributed by atoms with Crippen molar-refractivity contribution in [2.45, 2.75) is 13.8 Å². The lowest BCUT2D eigenvalue weighted by Crippen LogP contribution is -3.15. The smallest absolute Gasteiger partial charge is 0.279 e. The van der Waals surface area contributed by atoms with E-state index in [-0.39, 0.29) is 5.91 Å². The number of aromatic amines is 1. The highest BCUT2D eigenvalue weighted by Gasteiger charge is 2.27. The molecule has 0 aliphatic carbocycles. The van der Waals surface area contributed by atoms with E-state index in [1.807, 2.05) is 50.4 Å². The zero-order chi connectivity index (χ0) is 16.9. The van der Waals surface area contributed by atoms with Gasteiger partial charge in [-0.15, -0.1) is 0 Å². The van der Waals surface area contributed by atoms with Crippen molar-refractivity contribution in [3.05, 3.63) is 53.7 Å². The van der Waals surface area contributed by atoms with Crippen LogP contribution in [0, 0.1) is 13.8 Å². The fourth-order valence-corrected chi connectivity index (χ4v) is 3.24. The number of quaternary nitrogens is 1. The van der Waals surface area contributed by atoms with E-state index in [9.17, 15) is 4.79 Å². The molecule has 1 fully saturated rings. The third kappa shape index (κ3) is 3.92. The van der Waals surface area contributed by atoms with E-state index in [0.717, 1.165) is 48.8 Å². The summed E-state index contributed by atoms with van der Waals surface area (Å²) in [7, 11) is 0. The van der Waals surface area contributed by atoms with Gasteiger partial charge in [-0.2, -0.15) is 0 Å². The van der Waals surface area contributed by atoms with Gasteiger partial charge in [0.05, 0.1) is 6.20 Å². The van der Waals surface area contributed by atoms with Crippen LogP contribution in [0.25, 0.3) is 0 Å². The summed E-state index contributed by atoms with van der Waals surface area (Å²) in [5, 5.41) is 3.09. The Morgan fingerprint density at radius 1 is 1.12 bits per heavy atom. The molecule has 0 unspecified atom stereocenters. The molecule has 0 atom stereocenters. The SMILES string of the molecule is Cc1cccc(C)c1NC(=O)C[NH+]1CCN(c2cccc[nH+]2)CC1. The number of rotatable bonds is 4. The molecular formula is C19H26N4O+2. The van der Waals surface area contributed by atoms with Crippen LogP contribution in [-0.4, -0.2) is 38.6 Å². The van der Waals surface area contributed by atoms with Crippen molar-refractivity contribution in [1.82, 2.24) is 0 Å². The number of anilines is 2. The van der Waals surface area contributed by atoms with Gasteiger partial charge in [0.25, 0.3) is 11.7 Å². The van der Waals surface area contributed by atoms with E-state index in [2.05, 4.69) is 21.3 Å². The largest absolute Gasteiger partial charge is 0.321 e. The van der Waals surface area contributed by atoms with Gasteiger partial charge in [0, 0.05) is 11.8 Å². The van der Waals surface area contributed by atoms with Crippen LogP contribution in [0.2, 0.25) is 0 Å². The normalized spacial score (nSPS) is 15.3. The van der Waals surface area contributed by atoms with Crippen molar-refractivity contribution in [2.75, 3.05) is 42.9 Å². The number of aromatic nitrogens is 1. The fraction of sp³-hybridized carbons (Fsp3) is 0.368. The second-order valence-electron chi connectivity index (χ2n) is 6.48. The predicted octanol–water partition coefficient (Wildman–Crippen LogP) is 0.461. The second kappa shape index (κ2) is 7.45. The summed E-state index contributed by atoms with van der Waals surface area (Å²) in [6.45, 7) is 8.47. The molecule has 1 aromatic heterocycles. The molecule has 2 heterocycles. The summed E-state index contributed by atoms with van der Waals surface area (Å²) >= 11 is 0. The number of carbonyl (C=O) groups excluding carboxylic acids is 1. The Kier molecular flexibility index (Phi) is 5.11. The van der Waals surface area contributed by atoms with E-state index in [1.54, 1.807) is 0 Å². The highest BCUT2D eigenvalue weighted by Crippen LogP contribution is 2.18. The van der Waals surface area contributed by atoms with Gasteiger partial charge in [-0.25, -0.2) is 4.98 Å². The Labute approximate surface area is 143 Å². The van der Waals surface area contributed by atoms with Crippen LogP contribution < -0.4 is 20.1 Å². The summed E-state index contributed by atoms with van der Waals surface area (Å²) in [5.74, 6) is 1.25. The summed E-state index contributed by atoms with van der Waals surface area (Å²) < 4.78 is 0. The van der Waals surface area contributed by atoms with Gasteiger partial charge in [-0.05, 0) is 31.0 Å². The van der Waals surface area contributed by atoms with Gasteiger partial charge < -0.3 is 10.2 Å². The van der Waals surface area contributed by atoms with Gasteiger partial charge in [0.15, 0.2) is 6.54 Å². The fourth-order valence-electron chi connectivity index (χ4n) is 3.24. The van der Waals surface area contributed by atoms with E-state index < -0.39 is 0 Å². The first-order valence-corrected chi connectivity index (χ1v) is 8.55. The highest BCUT2D eigenvalue weighted by atomic mass is 16.2. The highest BCUT2D eigenvalue weighted by molar-refractivity contribution is 5.93. The molecule has 2 aromatic rings. The third-order valence-electron chi connectivity index (χ3n) is 4.66. The van der Waals surface area contributed by atoms with Crippen molar-refractivity contribution in [2.24, 2.45) is 0 Å². The van der Waals surface area contributed by atoms with E-state index in [1.165, 1.54) is 4.90 Å². The molecule has 1 aromatic carbocycles. The standard InChI is InChI=1S/C19H24N4O/c1-15-6-5-7-16(2)19(15)21-18(24)14-22-10-12-23(13-11-22)17-8-3-4-9-20-17/h3-9H,10-14H2,1-2H3,(H,21,24)/p+2. The van der Waals surface area contributed by atoms with Gasteiger partial charge in [0.2, 0.25) is 0 Å². The summed E-state index contributed by atoms with van der Waals surface area (Å²) in [6, 6.07) is 12.2. The molecule has 126 valence electrons. The minimum absolute atomic E-state index is 0.0992. The van der Waals surface area contributed by atoms with Crippen LogP contribution in [0.5, 0.6) is 0 Å². The van der Waals surface area contributed by atoms with E-state index in [0.29, 0.717) is 6.54 Å². The number of H-pyrrole nitrogens is 1. The molecule has 3 N–H and O–H groups in total. The number of para-hydroxylation sites is 1. The van der Waals surface area contributed by atoms with Gasteiger partial charge in [-0.1, -0.05) is 24.3 Å². The van der Waals surface area contributed by atoms with Crippen LogP contribution in [0.3, 0.4) is 0 Å². The zero-order valence-corrected chi connectivity index (χ0v) is 14.4. The quantitative estimate of drug-likeness (QED) is 0.858. The van der Waals surface area contributed by atoms with Crippen LogP contribution in [0.1, 0.15) is 11.1 Å². The number of nitrogens with one attached hydrogen (secondary N) is 3. The Morgan fingerprint density at radius 3 is 2.46 bits per heavy atom. The number of pyridine rings is 1. The molecule has 1 saturated heterocycles. The summed E-state index contributed by atoms with van der Waals surface area (Å²) in [6.07, 6.45) is 1.95. The average Bonchev–Trinajstić information content (AvgIpc) is 2.60. The number of nitrogens with zero attached hydrogens (tertiary/aromatic N) is 1. The molecule has 0 saturated carbocycles. The van der Waals surface area contributed by atoms with Crippen LogP contribution in [-0.2, 0) is 4.79 Å². The molecule has 1 aliphatic rings. The first kappa shape index (κ1) is 16.5. The molecule has 5 heteroatoms. The number of hydrogen-bond acceptors (Lipinski definition) is 2. The van der Waals surface area contributed by atoms with Crippen molar-refractivity contribution in [3.8, 4) is 0 Å². The molecule has 0 spiro atoms. The first-order valence-electron chi connectivity index (χ1n) is 8.55. The zero-order valence-electron chi connectivity index (χ0n) is 14.4. The maximum atomic E-state index is 12.4. The Hall–Kier alpha value is -2.40. The molecule has 1 aliphatic heterocycles. The van der Waals surface area contributed by atoms with Crippen LogP contribution >= 0.6 is 0 Å². The van der Waals surface area contributed by atoms with Crippen molar-refractivity contribution in [1.29, 1.82) is 0 Å². The number of carbonyl (C=O) groups is 1. The van der Waals surface area contributed by atoms with Gasteiger partial charge >= 0.3 is 0 Å². The number of amides is 1. The van der Waals surface area contributed by atoms with Crippen LogP contribution in [0.15, 0.2) is 42.6 Å². The van der Waals surface area contributed by atoms with Gasteiger partial charge in [0.1, 0.15) is 26.2 Å². The minimum Gasteiger partial charge on any atom is -0.321 e. The molecule has 0 bridgehead atoms. The Bertz CT molecular complexity index is 674. The van der Waals surface area contributed by atoms with Gasteiger partial charge in [-0.3, -0.25) is 9.69 Å². The van der Waals surface area contributed by atoms with Crippen molar-refractivity contribution < 1.29 is 14.7 Å². The Balaban J connectivity index is 1.52. The summed E-state index contributed by atoms with van der Waals surface area (Å²) in [5.41, 5.74) is 3.19. The van der Waals surface area contributed by atoms with Crippen molar-refractivity contribution >= 4 is 17.4 Å². The van der Waals surface area contributed by atoms with E-state index in [4.69, 9.17) is 0 Å². The first-order chi connectivity index (χ1) is 11.6. The third-order valence-corrected chi connectivity index (χ3v) is 4.66. The number of benzene rings is 1. The number of hydrogen-bond donors (Lipinski definition) is 2. The Morgan fingerprint density at radius 2 is 1.83 bits per heavy atom. The summed E-state index contributed by atoms with van der Waals surface area (Å²) in [4.78, 5) is 19.3. The average molecular weight is 326 g/mol. The maximum Gasteiger partial charge on any atom is 0.279 e. The minimum atomic E-state index is 0.0992. The number of aryl methyl sites for hydroxylation is 2. The maximum absolute atomic E-state index is 12.4. The lowest BCUT2D eigenvalue weighted by molar-refractivity contribution is -0.892. The molecule has 3 rings (SSSR count). The topological polar surface area (TPSA) is 50.9 Å². The second-order valence-corrected chi connectivity index (χ2v) is 6.48. The molecular weight excluding hydrogens is 300 g/mol. The molecule has 24 heavy (non-hydrogen) atoms.